The number of esters is 1. The fourth-order valence-electron chi connectivity index (χ4n) is 3.62. The number of anilines is 1. The summed E-state index contributed by atoms with van der Waals surface area (Å²) in [5.74, 6) is -0.354. The van der Waals surface area contributed by atoms with Gasteiger partial charge in [0.2, 0.25) is 0 Å². The first kappa shape index (κ1) is 18.8. The maximum Gasteiger partial charge on any atom is 0.417 e. The van der Waals surface area contributed by atoms with Gasteiger partial charge in [0.1, 0.15) is 11.8 Å². The average Bonchev–Trinajstić information content (AvgIpc) is 2.95. The summed E-state index contributed by atoms with van der Waals surface area (Å²) in [6.45, 7) is 1.97. The van der Waals surface area contributed by atoms with Gasteiger partial charge in [-0.15, -0.1) is 0 Å². The number of urea groups is 1. The summed E-state index contributed by atoms with van der Waals surface area (Å²) < 4.78 is 10.4. The van der Waals surface area contributed by atoms with Crippen LogP contribution >= 0.6 is 0 Å². The number of fused-ring (bicyclic) bond motifs is 4. The van der Waals surface area contributed by atoms with Gasteiger partial charge >= 0.3 is 18.1 Å². The summed E-state index contributed by atoms with van der Waals surface area (Å²) in [5.41, 5.74) is 1.63. The predicted octanol–water partition coefficient (Wildman–Crippen LogP) is 3.08. The highest BCUT2D eigenvalue weighted by atomic mass is 16.6. The molecule has 2 atom stereocenters. The summed E-state index contributed by atoms with van der Waals surface area (Å²) in [7, 11) is 0. The Morgan fingerprint density at radius 1 is 1.17 bits per heavy atom. The van der Waals surface area contributed by atoms with E-state index in [4.69, 9.17) is 9.47 Å². The van der Waals surface area contributed by atoms with E-state index in [-0.39, 0.29) is 18.9 Å². The molecule has 2 heterocycles. The van der Waals surface area contributed by atoms with Crippen LogP contribution in [0.1, 0.15) is 30.1 Å². The molecule has 2 aromatic carbocycles. The zero-order valence-electron chi connectivity index (χ0n) is 15.6. The van der Waals surface area contributed by atoms with E-state index in [1.165, 1.54) is 11.0 Å². The highest BCUT2D eigenvalue weighted by Crippen LogP contribution is 2.44. The number of rotatable bonds is 4. The van der Waals surface area contributed by atoms with Gasteiger partial charge in [0.25, 0.3) is 0 Å². The highest BCUT2D eigenvalue weighted by molar-refractivity contribution is 5.89. The number of hydrogen-bond donors (Lipinski definition) is 2. The number of hydrogen-bond acceptors (Lipinski definition) is 6. The minimum Gasteiger partial charge on any atom is -0.464 e. The molecule has 2 N–H and O–H groups in total. The van der Waals surface area contributed by atoms with Crippen LogP contribution in [0.4, 0.5) is 15.3 Å². The van der Waals surface area contributed by atoms with Crippen LogP contribution in [0.15, 0.2) is 48.5 Å². The van der Waals surface area contributed by atoms with Crippen LogP contribution in [0.2, 0.25) is 0 Å². The van der Waals surface area contributed by atoms with Crippen molar-refractivity contribution in [3.05, 3.63) is 59.7 Å². The number of carbonyl (C=O) groups is 3. The Morgan fingerprint density at radius 2 is 1.93 bits per heavy atom. The second-order valence-electron chi connectivity index (χ2n) is 6.62. The molecule has 2 aliphatic rings. The second-order valence-corrected chi connectivity index (χ2v) is 6.62. The van der Waals surface area contributed by atoms with E-state index in [1.54, 1.807) is 43.3 Å². The number of nitrogens with zero attached hydrogens (tertiary/aromatic N) is 2. The number of carbonyl (C=O) groups excluding carboxylic acids is 3. The van der Waals surface area contributed by atoms with Crippen LogP contribution < -0.4 is 10.1 Å². The third-order valence-corrected chi connectivity index (χ3v) is 4.87. The van der Waals surface area contributed by atoms with Gasteiger partial charge in [-0.1, -0.05) is 24.3 Å². The maximum atomic E-state index is 12.5. The monoisotopic (exact) mass is 397 g/mol. The van der Waals surface area contributed by atoms with Gasteiger partial charge in [0.15, 0.2) is 6.04 Å². The van der Waals surface area contributed by atoms with Crippen molar-refractivity contribution in [1.82, 2.24) is 9.96 Å². The summed E-state index contributed by atoms with van der Waals surface area (Å²) in [6.07, 6.45) is -0.682. The Bertz CT molecular complexity index is 964. The Balaban J connectivity index is 1.61. The van der Waals surface area contributed by atoms with Crippen molar-refractivity contribution in [3.8, 4) is 5.75 Å². The van der Waals surface area contributed by atoms with Crippen molar-refractivity contribution in [3.63, 3.8) is 0 Å². The first-order valence-electron chi connectivity index (χ1n) is 9.12. The molecular formula is C20H19N3O6. The molecule has 4 rings (SSSR count). The number of benzene rings is 2. The third-order valence-electron chi connectivity index (χ3n) is 4.87. The summed E-state index contributed by atoms with van der Waals surface area (Å²) in [6, 6.07) is 11.2. The van der Waals surface area contributed by atoms with E-state index in [0.29, 0.717) is 21.9 Å². The minimum absolute atomic E-state index is 0.130. The molecule has 9 nitrogen and oxygen atoms in total. The molecule has 2 aromatic rings. The van der Waals surface area contributed by atoms with Crippen molar-refractivity contribution in [1.29, 1.82) is 0 Å². The molecule has 3 amide bonds. The standard InChI is InChI=1S/C20H19N3O6/c1-2-28-18(24)17-14-9-8-13(29-19(25)21-12-6-4-3-5-7-12)10-15(14)16-11-22(17)20(26)23(16)27/h3-10,16-17,27H,2,11H2,1H3,(H,21,25). The Morgan fingerprint density at radius 3 is 2.66 bits per heavy atom. The van der Waals surface area contributed by atoms with Gasteiger partial charge in [0, 0.05) is 5.69 Å². The summed E-state index contributed by atoms with van der Waals surface area (Å²) >= 11 is 0. The zero-order valence-corrected chi connectivity index (χ0v) is 15.6. The molecular weight excluding hydrogens is 378 g/mol. The molecule has 1 saturated heterocycles. The fraction of sp³-hybridized carbons (Fsp3) is 0.250. The van der Waals surface area contributed by atoms with Crippen LogP contribution in [-0.4, -0.2) is 46.4 Å². The molecule has 0 spiro atoms. The van der Waals surface area contributed by atoms with Crippen molar-refractivity contribution in [2.45, 2.75) is 19.0 Å². The van der Waals surface area contributed by atoms with Gasteiger partial charge in [-0.2, -0.15) is 5.06 Å². The molecule has 1 fully saturated rings. The van der Waals surface area contributed by atoms with Crippen LogP contribution in [-0.2, 0) is 9.53 Å². The maximum absolute atomic E-state index is 12.5. The number of para-hydroxylation sites is 1. The average molecular weight is 397 g/mol. The molecule has 0 aromatic heterocycles. The molecule has 0 aliphatic carbocycles. The first-order chi connectivity index (χ1) is 14.0. The van der Waals surface area contributed by atoms with E-state index in [0.717, 1.165) is 0 Å². The lowest BCUT2D eigenvalue weighted by Crippen LogP contribution is -2.39. The third kappa shape index (κ3) is 3.36. The molecule has 9 heteroatoms. The van der Waals surface area contributed by atoms with Gasteiger partial charge in [-0.3, -0.25) is 10.5 Å². The van der Waals surface area contributed by atoms with Gasteiger partial charge in [0.05, 0.1) is 13.2 Å². The van der Waals surface area contributed by atoms with Crippen LogP contribution in [0.25, 0.3) is 0 Å². The smallest absolute Gasteiger partial charge is 0.417 e. The van der Waals surface area contributed by atoms with Gasteiger partial charge < -0.3 is 14.4 Å². The Hall–Kier alpha value is -3.59. The van der Waals surface area contributed by atoms with Crippen molar-refractivity contribution in [2.75, 3.05) is 18.5 Å². The molecule has 0 radical (unpaired) electrons. The van der Waals surface area contributed by atoms with Crippen LogP contribution in [0, 0.1) is 0 Å². The quantitative estimate of drug-likeness (QED) is 0.606. The number of nitrogens with one attached hydrogen (secondary N) is 1. The lowest BCUT2D eigenvalue weighted by molar-refractivity contribution is -0.148. The van der Waals surface area contributed by atoms with Gasteiger partial charge in [-0.25, -0.2) is 14.4 Å². The second kappa shape index (κ2) is 7.44. The summed E-state index contributed by atoms with van der Waals surface area (Å²) in [5, 5.41) is 13.4. The van der Waals surface area contributed by atoms with E-state index < -0.39 is 30.2 Å². The molecule has 0 saturated carbocycles. The number of ether oxygens (including phenoxy) is 2. The Labute approximate surface area is 166 Å². The van der Waals surface area contributed by atoms with E-state index in [9.17, 15) is 19.6 Å². The van der Waals surface area contributed by atoms with E-state index in [2.05, 4.69) is 5.32 Å². The predicted molar refractivity (Wildman–Crippen MR) is 100 cm³/mol. The molecule has 2 aliphatic heterocycles. The number of hydroxylamine groups is 2. The zero-order chi connectivity index (χ0) is 20.5. The number of amides is 3. The topological polar surface area (TPSA) is 108 Å². The largest absolute Gasteiger partial charge is 0.464 e. The van der Waals surface area contributed by atoms with Crippen molar-refractivity contribution in [2.24, 2.45) is 0 Å². The van der Waals surface area contributed by atoms with Crippen molar-refractivity contribution < 1.29 is 29.1 Å². The first-order valence-corrected chi connectivity index (χ1v) is 9.12. The lowest BCUT2D eigenvalue weighted by Gasteiger charge is -2.31. The molecule has 2 unspecified atom stereocenters. The van der Waals surface area contributed by atoms with E-state index in [1.807, 2.05) is 6.07 Å². The van der Waals surface area contributed by atoms with Crippen LogP contribution in [0.3, 0.4) is 0 Å². The Kier molecular flexibility index (Phi) is 4.81. The van der Waals surface area contributed by atoms with Gasteiger partial charge in [-0.05, 0) is 42.3 Å². The normalized spacial score (nSPS) is 19.6. The lowest BCUT2D eigenvalue weighted by atomic mass is 9.91. The highest BCUT2D eigenvalue weighted by Gasteiger charge is 2.50. The van der Waals surface area contributed by atoms with Crippen molar-refractivity contribution >= 4 is 23.8 Å². The minimum atomic E-state index is -0.960. The van der Waals surface area contributed by atoms with E-state index >= 15 is 0 Å². The molecule has 2 bridgehead atoms. The molecule has 150 valence electrons. The SMILES string of the molecule is CCOC(=O)C1c2ccc(OC(=O)Nc3ccccc3)cc2C2CN1C(=O)N2O. The van der Waals surface area contributed by atoms with Crippen LogP contribution in [0.5, 0.6) is 5.75 Å². The molecule has 29 heavy (non-hydrogen) atoms. The fourth-order valence-corrected chi connectivity index (χ4v) is 3.62. The summed E-state index contributed by atoms with van der Waals surface area (Å²) in [4.78, 5) is 38.2.